The first-order valence-corrected chi connectivity index (χ1v) is 7.38. The van der Waals surface area contributed by atoms with Crippen LogP contribution in [0.4, 0.5) is 0 Å². The largest absolute Gasteiger partial charge is 0.464 e. The van der Waals surface area contributed by atoms with Crippen LogP contribution in [0, 0.1) is 0 Å². The molecule has 1 aromatic carbocycles. The van der Waals surface area contributed by atoms with Gasteiger partial charge in [-0.25, -0.2) is 0 Å². The molecule has 0 aliphatic carbocycles. The lowest BCUT2D eigenvalue weighted by Crippen LogP contribution is -2.38. The van der Waals surface area contributed by atoms with Crippen LogP contribution in [0.2, 0.25) is 0 Å². The summed E-state index contributed by atoms with van der Waals surface area (Å²) in [6, 6.07) is 8.67. The number of hydrogen-bond donors (Lipinski definition) is 2. The van der Waals surface area contributed by atoms with Crippen molar-refractivity contribution in [1.29, 1.82) is 0 Å². The Morgan fingerprint density at radius 3 is 3.05 bits per heavy atom. The van der Waals surface area contributed by atoms with Crippen molar-refractivity contribution in [3.63, 3.8) is 0 Å². The van der Waals surface area contributed by atoms with Crippen LogP contribution >= 0.6 is 0 Å². The van der Waals surface area contributed by atoms with E-state index < -0.39 is 0 Å². The number of rotatable bonds is 6. The fraction of sp³-hybridized carbons (Fsp3) is 0.500. The standard InChI is InChI=1S/C16H22N2O2/c19-9-8-18(11-14-4-3-7-17-14)10-13-12-20-16-6-2-1-5-15(13)16/h1-2,5-6,12,14,17,19H,3-4,7-11H2. The Labute approximate surface area is 119 Å². The van der Waals surface area contributed by atoms with Gasteiger partial charge in [0.15, 0.2) is 0 Å². The normalized spacial score (nSPS) is 19.2. The van der Waals surface area contributed by atoms with Crippen molar-refractivity contribution >= 4 is 11.0 Å². The lowest BCUT2D eigenvalue weighted by atomic mass is 10.1. The monoisotopic (exact) mass is 274 g/mol. The summed E-state index contributed by atoms with van der Waals surface area (Å²) in [5, 5.41) is 14.0. The van der Waals surface area contributed by atoms with Crippen LogP contribution in [0.15, 0.2) is 34.9 Å². The Kier molecular flexibility index (Phi) is 4.35. The fourth-order valence-corrected chi connectivity index (χ4v) is 3.00. The van der Waals surface area contributed by atoms with Crippen LogP contribution in [0.1, 0.15) is 18.4 Å². The number of para-hydroxylation sites is 1. The number of nitrogens with zero attached hydrogens (tertiary/aromatic N) is 1. The molecular weight excluding hydrogens is 252 g/mol. The van der Waals surface area contributed by atoms with Gasteiger partial charge in [0.2, 0.25) is 0 Å². The summed E-state index contributed by atoms with van der Waals surface area (Å²) in [6.07, 6.45) is 4.33. The lowest BCUT2D eigenvalue weighted by Gasteiger charge is -2.24. The van der Waals surface area contributed by atoms with Gasteiger partial charge in [0.05, 0.1) is 12.9 Å². The predicted molar refractivity (Wildman–Crippen MR) is 79.6 cm³/mol. The zero-order chi connectivity index (χ0) is 13.8. The molecule has 2 heterocycles. The van der Waals surface area contributed by atoms with Crippen LogP contribution < -0.4 is 5.32 Å². The summed E-state index contributed by atoms with van der Waals surface area (Å²) in [5.41, 5.74) is 2.14. The number of furan rings is 1. The van der Waals surface area contributed by atoms with Crippen LogP contribution in [0.25, 0.3) is 11.0 Å². The van der Waals surface area contributed by atoms with Crippen LogP contribution in [-0.4, -0.2) is 42.3 Å². The molecule has 0 spiro atoms. The van der Waals surface area contributed by atoms with E-state index in [1.807, 2.05) is 24.5 Å². The number of aliphatic hydroxyl groups excluding tert-OH is 1. The smallest absolute Gasteiger partial charge is 0.134 e. The van der Waals surface area contributed by atoms with Crippen molar-refractivity contribution < 1.29 is 9.52 Å². The first-order chi connectivity index (χ1) is 9.86. The van der Waals surface area contributed by atoms with E-state index in [2.05, 4.69) is 16.3 Å². The average Bonchev–Trinajstić information content (AvgIpc) is 3.10. The molecule has 0 radical (unpaired) electrons. The first kappa shape index (κ1) is 13.6. The second kappa shape index (κ2) is 6.39. The van der Waals surface area contributed by atoms with Crippen molar-refractivity contribution in [3.8, 4) is 0 Å². The van der Waals surface area contributed by atoms with Gasteiger partial charge in [0.25, 0.3) is 0 Å². The molecule has 1 saturated heterocycles. The van der Waals surface area contributed by atoms with Crippen molar-refractivity contribution in [1.82, 2.24) is 10.2 Å². The zero-order valence-electron chi connectivity index (χ0n) is 11.7. The number of fused-ring (bicyclic) bond motifs is 1. The Balaban J connectivity index is 1.71. The van der Waals surface area contributed by atoms with Gasteiger partial charge in [-0.1, -0.05) is 18.2 Å². The van der Waals surface area contributed by atoms with Gasteiger partial charge in [-0.15, -0.1) is 0 Å². The zero-order valence-corrected chi connectivity index (χ0v) is 11.7. The number of benzene rings is 1. The minimum absolute atomic E-state index is 0.197. The van der Waals surface area contributed by atoms with Gasteiger partial charge < -0.3 is 14.8 Å². The highest BCUT2D eigenvalue weighted by Gasteiger charge is 2.18. The van der Waals surface area contributed by atoms with E-state index in [4.69, 9.17) is 4.42 Å². The fourth-order valence-electron chi connectivity index (χ4n) is 3.00. The summed E-state index contributed by atoms with van der Waals surface area (Å²) in [6.45, 7) is 3.84. The van der Waals surface area contributed by atoms with Crippen molar-refractivity contribution in [2.24, 2.45) is 0 Å². The van der Waals surface area contributed by atoms with Gasteiger partial charge in [-0.05, 0) is 25.5 Å². The van der Waals surface area contributed by atoms with Gasteiger partial charge in [-0.3, -0.25) is 4.90 Å². The Morgan fingerprint density at radius 2 is 2.25 bits per heavy atom. The van der Waals surface area contributed by atoms with Gasteiger partial charge in [0, 0.05) is 36.6 Å². The van der Waals surface area contributed by atoms with E-state index >= 15 is 0 Å². The average molecular weight is 274 g/mol. The third-order valence-electron chi connectivity index (χ3n) is 4.01. The molecule has 0 bridgehead atoms. The minimum atomic E-state index is 0.197. The third kappa shape index (κ3) is 3.03. The molecule has 1 fully saturated rings. The summed E-state index contributed by atoms with van der Waals surface area (Å²) < 4.78 is 5.59. The molecule has 0 saturated carbocycles. The molecule has 4 heteroatoms. The van der Waals surface area contributed by atoms with Crippen LogP contribution in [0.3, 0.4) is 0 Å². The summed E-state index contributed by atoms with van der Waals surface area (Å²) in [4.78, 5) is 2.31. The lowest BCUT2D eigenvalue weighted by molar-refractivity contribution is 0.179. The Morgan fingerprint density at radius 1 is 1.35 bits per heavy atom. The molecule has 2 aromatic rings. The Hall–Kier alpha value is -1.36. The molecule has 1 aromatic heterocycles. The second-order valence-corrected chi connectivity index (χ2v) is 5.51. The highest BCUT2D eigenvalue weighted by Crippen LogP contribution is 2.22. The maximum Gasteiger partial charge on any atom is 0.134 e. The number of hydrogen-bond acceptors (Lipinski definition) is 4. The second-order valence-electron chi connectivity index (χ2n) is 5.51. The predicted octanol–water partition coefficient (Wildman–Crippen LogP) is 1.98. The quantitative estimate of drug-likeness (QED) is 0.845. The molecule has 1 unspecified atom stereocenters. The van der Waals surface area contributed by atoms with Gasteiger partial charge >= 0.3 is 0 Å². The molecule has 1 atom stereocenters. The van der Waals surface area contributed by atoms with Crippen molar-refractivity contribution in [3.05, 3.63) is 36.1 Å². The number of nitrogens with one attached hydrogen (secondary N) is 1. The summed E-state index contributed by atoms with van der Waals surface area (Å²) in [7, 11) is 0. The van der Waals surface area contributed by atoms with Gasteiger partial charge in [-0.2, -0.15) is 0 Å². The Bertz CT molecular complexity index is 546. The molecule has 1 aliphatic rings. The molecular formula is C16H22N2O2. The molecule has 108 valence electrons. The van der Waals surface area contributed by atoms with E-state index in [1.54, 1.807) is 0 Å². The molecule has 4 nitrogen and oxygen atoms in total. The molecule has 20 heavy (non-hydrogen) atoms. The highest BCUT2D eigenvalue weighted by atomic mass is 16.3. The molecule has 0 amide bonds. The SMILES string of the molecule is OCCN(Cc1coc2ccccc12)CC1CCCN1. The van der Waals surface area contributed by atoms with E-state index in [0.29, 0.717) is 12.6 Å². The van der Waals surface area contributed by atoms with Gasteiger partial charge in [0.1, 0.15) is 5.58 Å². The topological polar surface area (TPSA) is 48.6 Å². The summed E-state index contributed by atoms with van der Waals surface area (Å²) in [5.74, 6) is 0. The molecule has 3 rings (SSSR count). The molecule has 1 aliphatic heterocycles. The maximum absolute atomic E-state index is 9.27. The van der Waals surface area contributed by atoms with E-state index in [1.165, 1.54) is 23.8 Å². The first-order valence-electron chi connectivity index (χ1n) is 7.38. The maximum atomic E-state index is 9.27. The van der Waals surface area contributed by atoms with E-state index in [9.17, 15) is 5.11 Å². The molecule has 2 N–H and O–H groups in total. The third-order valence-corrected chi connectivity index (χ3v) is 4.01. The van der Waals surface area contributed by atoms with Crippen molar-refractivity contribution in [2.45, 2.75) is 25.4 Å². The van der Waals surface area contributed by atoms with E-state index in [0.717, 1.165) is 25.2 Å². The number of aliphatic hydroxyl groups is 1. The van der Waals surface area contributed by atoms with Crippen molar-refractivity contribution in [2.75, 3.05) is 26.2 Å². The minimum Gasteiger partial charge on any atom is -0.464 e. The highest BCUT2D eigenvalue weighted by molar-refractivity contribution is 5.80. The summed E-state index contributed by atoms with van der Waals surface area (Å²) >= 11 is 0. The van der Waals surface area contributed by atoms with Crippen LogP contribution in [0.5, 0.6) is 0 Å². The van der Waals surface area contributed by atoms with Crippen LogP contribution in [-0.2, 0) is 6.54 Å². The van der Waals surface area contributed by atoms with E-state index in [-0.39, 0.29) is 6.61 Å².